The molecule has 1 unspecified atom stereocenters. The minimum Gasteiger partial charge on any atom is -0.475 e. The molecule has 0 aliphatic heterocycles. The van der Waals surface area contributed by atoms with Gasteiger partial charge in [0, 0.05) is 5.92 Å². The first-order chi connectivity index (χ1) is 9.59. The van der Waals surface area contributed by atoms with E-state index >= 15 is 0 Å². The average Bonchev–Trinajstić information content (AvgIpc) is 2.43. The lowest BCUT2D eigenvalue weighted by atomic mass is 9.98. The molecule has 0 saturated carbocycles. The van der Waals surface area contributed by atoms with Crippen LogP contribution in [0.4, 0.5) is 0 Å². The summed E-state index contributed by atoms with van der Waals surface area (Å²) in [6.07, 6.45) is 15.8. The molecule has 0 spiro atoms. The summed E-state index contributed by atoms with van der Waals surface area (Å²) < 4.78 is 0. The van der Waals surface area contributed by atoms with E-state index in [2.05, 4.69) is 19.1 Å². The summed E-state index contributed by atoms with van der Waals surface area (Å²) in [6.45, 7) is 3.92. The quantitative estimate of drug-likeness (QED) is 0.301. The van der Waals surface area contributed by atoms with Crippen molar-refractivity contribution in [3.8, 4) is 0 Å². The number of allylic oxidation sites excluding steroid dienone is 2. The molecule has 0 fully saturated rings. The zero-order valence-electron chi connectivity index (χ0n) is 13.1. The summed E-state index contributed by atoms with van der Waals surface area (Å²) in [6, 6.07) is 0. The van der Waals surface area contributed by atoms with Gasteiger partial charge in [-0.05, 0) is 32.1 Å². The SMILES string of the molecule is CCCCCCC=CCCCCCC(C)C(=O)C(=O)O. The molecule has 0 saturated heterocycles. The van der Waals surface area contributed by atoms with Gasteiger partial charge in [0.15, 0.2) is 0 Å². The third-order valence-corrected chi connectivity index (χ3v) is 3.56. The highest BCUT2D eigenvalue weighted by Gasteiger charge is 2.19. The average molecular weight is 282 g/mol. The summed E-state index contributed by atoms with van der Waals surface area (Å²) in [7, 11) is 0. The summed E-state index contributed by atoms with van der Waals surface area (Å²) in [5, 5.41) is 8.57. The van der Waals surface area contributed by atoms with Gasteiger partial charge in [0.25, 0.3) is 0 Å². The molecule has 1 N–H and O–H groups in total. The lowest BCUT2D eigenvalue weighted by Gasteiger charge is -2.06. The number of carbonyl (C=O) groups is 2. The summed E-state index contributed by atoms with van der Waals surface area (Å²) in [5.41, 5.74) is 0. The second-order valence-corrected chi connectivity index (χ2v) is 5.53. The second-order valence-electron chi connectivity index (χ2n) is 5.53. The van der Waals surface area contributed by atoms with Gasteiger partial charge >= 0.3 is 5.97 Å². The number of aliphatic carboxylic acids is 1. The Bertz CT molecular complexity index is 295. The van der Waals surface area contributed by atoms with E-state index in [0.29, 0.717) is 6.42 Å². The van der Waals surface area contributed by atoms with Gasteiger partial charge in [0.1, 0.15) is 0 Å². The first-order valence-corrected chi connectivity index (χ1v) is 8.01. The minimum absolute atomic E-state index is 0.346. The summed E-state index contributed by atoms with van der Waals surface area (Å²) in [5.74, 6) is -2.30. The predicted molar refractivity (Wildman–Crippen MR) is 82.8 cm³/mol. The van der Waals surface area contributed by atoms with Crippen molar-refractivity contribution in [3.05, 3.63) is 12.2 Å². The van der Waals surface area contributed by atoms with Gasteiger partial charge in [-0.2, -0.15) is 0 Å². The van der Waals surface area contributed by atoms with Gasteiger partial charge in [-0.25, -0.2) is 4.79 Å². The van der Waals surface area contributed by atoms with Gasteiger partial charge in [0.05, 0.1) is 0 Å². The molecular formula is C17H30O3. The second kappa shape index (κ2) is 12.9. The fourth-order valence-electron chi connectivity index (χ4n) is 2.16. The number of carboxylic acid groups (broad SMARTS) is 1. The van der Waals surface area contributed by atoms with Crippen LogP contribution >= 0.6 is 0 Å². The molecule has 0 aromatic heterocycles. The maximum Gasteiger partial charge on any atom is 0.372 e. The van der Waals surface area contributed by atoms with Crippen LogP contribution in [0.3, 0.4) is 0 Å². The smallest absolute Gasteiger partial charge is 0.372 e. The predicted octanol–water partition coefficient (Wildman–Crippen LogP) is 4.75. The van der Waals surface area contributed by atoms with Crippen LogP contribution in [0.25, 0.3) is 0 Å². The number of hydrogen-bond acceptors (Lipinski definition) is 2. The molecule has 20 heavy (non-hydrogen) atoms. The summed E-state index contributed by atoms with van der Waals surface area (Å²) in [4.78, 5) is 21.6. The van der Waals surface area contributed by atoms with Crippen molar-refractivity contribution in [2.24, 2.45) is 5.92 Å². The molecule has 0 amide bonds. The van der Waals surface area contributed by atoms with Crippen LogP contribution in [-0.4, -0.2) is 16.9 Å². The maximum absolute atomic E-state index is 11.1. The van der Waals surface area contributed by atoms with Gasteiger partial charge in [-0.1, -0.05) is 58.1 Å². The van der Waals surface area contributed by atoms with Crippen LogP contribution in [-0.2, 0) is 9.59 Å². The fourth-order valence-corrected chi connectivity index (χ4v) is 2.16. The standard InChI is InChI=1S/C17H30O3/c1-3-4-5-6-7-8-9-10-11-12-13-14-15(2)16(18)17(19)20/h8-9,15H,3-7,10-14H2,1-2H3,(H,19,20). The van der Waals surface area contributed by atoms with E-state index in [4.69, 9.17) is 5.11 Å². The van der Waals surface area contributed by atoms with Crippen molar-refractivity contribution in [2.75, 3.05) is 0 Å². The molecule has 0 aromatic carbocycles. The molecule has 3 heteroatoms. The van der Waals surface area contributed by atoms with Crippen LogP contribution in [0.1, 0.15) is 78.1 Å². The van der Waals surface area contributed by atoms with Crippen LogP contribution in [0.15, 0.2) is 12.2 Å². The number of carboxylic acids is 1. The van der Waals surface area contributed by atoms with Crippen molar-refractivity contribution >= 4 is 11.8 Å². The van der Waals surface area contributed by atoms with Crippen molar-refractivity contribution in [3.63, 3.8) is 0 Å². The molecule has 0 bridgehead atoms. The fraction of sp³-hybridized carbons (Fsp3) is 0.765. The van der Waals surface area contributed by atoms with E-state index < -0.39 is 11.8 Å². The Morgan fingerprint density at radius 3 is 2.00 bits per heavy atom. The van der Waals surface area contributed by atoms with E-state index in [9.17, 15) is 9.59 Å². The molecule has 1 atom stereocenters. The van der Waals surface area contributed by atoms with Crippen molar-refractivity contribution in [2.45, 2.75) is 78.1 Å². The normalized spacial score (nSPS) is 12.7. The zero-order valence-corrected chi connectivity index (χ0v) is 13.1. The van der Waals surface area contributed by atoms with Crippen LogP contribution in [0, 0.1) is 5.92 Å². The van der Waals surface area contributed by atoms with E-state index in [1.165, 1.54) is 32.1 Å². The lowest BCUT2D eigenvalue weighted by Crippen LogP contribution is -2.20. The van der Waals surface area contributed by atoms with Gasteiger partial charge < -0.3 is 5.11 Å². The Morgan fingerprint density at radius 1 is 0.950 bits per heavy atom. The minimum atomic E-state index is -1.30. The number of Topliss-reactive ketones (excluding diaryl/α,β-unsaturated/α-hetero) is 1. The molecule has 116 valence electrons. The number of carbonyl (C=O) groups excluding carboxylic acids is 1. The van der Waals surface area contributed by atoms with Gasteiger partial charge in [-0.15, -0.1) is 0 Å². The lowest BCUT2D eigenvalue weighted by molar-refractivity contribution is -0.150. The Kier molecular flexibility index (Phi) is 12.2. The monoisotopic (exact) mass is 282 g/mol. The van der Waals surface area contributed by atoms with Gasteiger partial charge in [0.2, 0.25) is 5.78 Å². The molecule has 0 aliphatic rings. The highest BCUT2D eigenvalue weighted by Crippen LogP contribution is 2.12. The Hall–Kier alpha value is -1.12. The first kappa shape index (κ1) is 18.9. The maximum atomic E-state index is 11.1. The van der Waals surface area contributed by atoms with Gasteiger partial charge in [-0.3, -0.25) is 4.79 Å². The molecular weight excluding hydrogens is 252 g/mol. The van der Waals surface area contributed by atoms with Crippen LogP contribution in [0.5, 0.6) is 0 Å². The van der Waals surface area contributed by atoms with E-state index in [1.807, 2.05) is 0 Å². The third-order valence-electron chi connectivity index (χ3n) is 3.56. The van der Waals surface area contributed by atoms with E-state index in [1.54, 1.807) is 6.92 Å². The molecule has 0 rings (SSSR count). The largest absolute Gasteiger partial charge is 0.475 e. The Morgan fingerprint density at radius 2 is 1.50 bits per heavy atom. The highest BCUT2D eigenvalue weighted by atomic mass is 16.4. The molecule has 0 radical (unpaired) electrons. The van der Waals surface area contributed by atoms with Crippen molar-refractivity contribution in [1.29, 1.82) is 0 Å². The van der Waals surface area contributed by atoms with Crippen molar-refractivity contribution < 1.29 is 14.7 Å². The third kappa shape index (κ3) is 10.8. The van der Waals surface area contributed by atoms with Crippen molar-refractivity contribution in [1.82, 2.24) is 0 Å². The molecule has 0 aliphatic carbocycles. The first-order valence-electron chi connectivity index (χ1n) is 8.01. The number of ketones is 1. The zero-order chi connectivity index (χ0) is 15.2. The van der Waals surface area contributed by atoms with Crippen LogP contribution < -0.4 is 0 Å². The topological polar surface area (TPSA) is 54.4 Å². The highest BCUT2D eigenvalue weighted by molar-refractivity contribution is 6.33. The van der Waals surface area contributed by atoms with E-state index in [0.717, 1.165) is 25.7 Å². The Balaban J connectivity index is 3.38. The Labute approximate surface area is 123 Å². The number of unbranched alkanes of at least 4 members (excludes halogenated alkanes) is 7. The van der Waals surface area contributed by atoms with Crippen LogP contribution in [0.2, 0.25) is 0 Å². The van der Waals surface area contributed by atoms with E-state index in [-0.39, 0.29) is 5.92 Å². The summed E-state index contributed by atoms with van der Waals surface area (Å²) >= 11 is 0. The molecule has 3 nitrogen and oxygen atoms in total. The number of hydrogen-bond donors (Lipinski definition) is 1. The molecule has 0 heterocycles. The molecule has 0 aromatic rings. The number of rotatable bonds is 13.